The van der Waals surface area contributed by atoms with E-state index in [0.717, 1.165) is 19.0 Å². The van der Waals surface area contributed by atoms with Crippen molar-refractivity contribution in [1.82, 2.24) is 4.90 Å². The molecule has 0 saturated carbocycles. The molecule has 0 aliphatic carbocycles. The van der Waals surface area contributed by atoms with Gasteiger partial charge in [-0.1, -0.05) is 0 Å². The van der Waals surface area contributed by atoms with Gasteiger partial charge in [-0.15, -0.1) is 0 Å². The first-order valence-electron chi connectivity index (χ1n) is 4.28. The van der Waals surface area contributed by atoms with Crippen LogP contribution in [-0.2, 0) is 0 Å². The molecule has 1 atom stereocenters. The summed E-state index contributed by atoms with van der Waals surface area (Å²) in [6.45, 7) is 5.64. The average molecular weight is 142 g/mol. The van der Waals surface area contributed by atoms with Gasteiger partial charge in [-0.3, -0.25) is 0 Å². The maximum atomic E-state index is 5.43. The van der Waals surface area contributed by atoms with E-state index in [1.165, 1.54) is 25.9 Å². The quantitative estimate of drug-likeness (QED) is 0.632. The second-order valence-electron chi connectivity index (χ2n) is 3.17. The fourth-order valence-corrected chi connectivity index (χ4v) is 1.62. The van der Waals surface area contributed by atoms with Crippen LogP contribution in [0.4, 0.5) is 0 Å². The van der Waals surface area contributed by atoms with Crippen molar-refractivity contribution in [2.75, 3.05) is 19.6 Å². The van der Waals surface area contributed by atoms with E-state index in [0.29, 0.717) is 0 Å². The van der Waals surface area contributed by atoms with E-state index < -0.39 is 0 Å². The number of nitrogens with two attached hydrogens (primary N) is 1. The zero-order chi connectivity index (χ0) is 7.40. The minimum absolute atomic E-state index is 0.812. The molecule has 0 radical (unpaired) electrons. The summed E-state index contributed by atoms with van der Waals surface area (Å²) in [6.07, 6.45) is 3.92. The minimum Gasteiger partial charge on any atom is -0.330 e. The Morgan fingerprint density at radius 2 is 2.40 bits per heavy atom. The zero-order valence-corrected chi connectivity index (χ0v) is 6.84. The zero-order valence-electron chi connectivity index (χ0n) is 6.84. The number of rotatable bonds is 3. The molecule has 1 aliphatic heterocycles. The van der Waals surface area contributed by atoms with Crippen molar-refractivity contribution in [2.24, 2.45) is 5.73 Å². The molecule has 0 bridgehead atoms. The SMILES string of the molecule is C[C@H]1CCCN1CCCN. The first kappa shape index (κ1) is 8.02. The lowest BCUT2D eigenvalue weighted by atomic mass is 10.2. The summed E-state index contributed by atoms with van der Waals surface area (Å²) >= 11 is 0. The largest absolute Gasteiger partial charge is 0.330 e. The Kier molecular flexibility index (Phi) is 3.16. The summed E-state index contributed by atoms with van der Waals surface area (Å²) in [5.41, 5.74) is 5.43. The van der Waals surface area contributed by atoms with Crippen molar-refractivity contribution in [1.29, 1.82) is 0 Å². The van der Waals surface area contributed by atoms with Crippen LogP contribution in [0, 0.1) is 0 Å². The highest BCUT2D eigenvalue weighted by Gasteiger charge is 2.18. The highest BCUT2D eigenvalue weighted by molar-refractivity contribution is 4.74. The predicted octanol–water partition coefficient (Wildman–Crippen LogP) is 0.820. The average Bonchev–Trinajstić information content (AvgIpc) is 2.31. The van der Waals surface area contributed by atoms with Crippen LogP contribution in [0.25, 0.3) is 0 Å². The molecule has 1 fully saturated rings. The fraction of sp³-hybridized carbons (Fsp3) is 1.00. The Morgan fingerprint density at radius 3 is 2.90 bits per heavy atom. The lowest BCUT2D eigenvalue weighted by molar-refractivity contribution is 0.267. The predicted molar refractivity (Wildman–Crippen MR) is 43.9 cm³/mol. The van der Waals surface area contributed by atoms with Crippen LogP contribution in [0.2, 0.25) is 0 Å². The van der Waals surface area contributed by atoms with Crippen molar-refractivity contribution in [3.05, 3.63) is 0 Å². The molecule has 0 unspecified atom stereocenters. The highest BCUT2D eigenvalue weighted by atomic mass is 15.2. The molecule has 1 aliphatic rings. The first-order chi connectivity index (χ1) is 4.84. The third kappa shape index (κ3) is 1.96. The standard InChI is InChI=1S/C8H18N2/c1-8-4-2-6-10(8)7-3-5-9/h8H,2-7,9H2,1H3/t8-/m0/s1. The number of likely N-dealkylation sites (tertiary alicyclic amines) is 1. The van der Waals surface area contributed by atoms with Crippen LogP contribution in [-0.4, -0.2) is 30.6 Å². The van der Waals surface area contributed by atoms with Gasteiger partial charge in [0.2, 0.25) is 0 Å². The molecule has 1 rings (SSSR count). The summed E-state index contributed by atoms with van der Waals surface area (Å²) in [5.74, 6) is 0. The summed E-state index contributed by atoms with van der Waals surface area (Å²) in [6, 6.07) is 0.812. The van der Waals surface area contributed by atoms with Gasteiger partial charge < -0.3 is 10.6 Å². The molecule has 1 saturated heterocycles. The third-order valence-electron chi connectivity index (χ3n) is 2.34. The van der Waals surface area contributed by atoms with E-state index in [1.807, 2.05) is 0 Å². The third-order valence-corrected chi connectivity index (χ3v) is 2.34. The highest BCUT2D eigenvalue weighted by Crippen LogP contribution is 2.15. The summed E-state index contributed by atoms with van der Waals surface area (Å²) in [7, 11) is 0. The van der Waals surface area contributed by atoms with Crippen molar-refractivity contribution in [3.8, 4) is 0 Å². The molecule has 60 valence electrons. The lowest BCUT2D eigenvalue weighted by Crippen LogP contribution is -2.29. The van der Waals surface area contributed by atoms with Crippen molar-refractivity contribution >= 4 is 0 Å². The maximum Gasteiger partial charge on any atom is 0.00674 e. The fourth-order valence-electron chi connectivity index (χ4n) is 1.62. The second kappa shape index (κ2) is 3.94. The normalized spacial score (nSPS) is 27.6. The van der Waals surface area contributed by atoms with Gasteiger partial charge in [0.05, 0.1) is 0 Å². The van der Waals surface area contributed by atoms with Gasteiger partial charge in [-0.25, -0.2) is 0 Å². The first-order valence-corrected chi connectivity index (χ1v) is 4.28. The molecular weight excluding hydrogens is 124 g/mol. The molecule has 0 spiro atoms. The smallest absolute Gasteiger partial charge is 0.00674 e. The minimum atomic E-state index is 0.812. The van der Waals surface area contributed by atoms with Gasteiger partial charge in [0.15, 0.2) is 0 Å². The van der Waals surface area contributed by atoms with Crippen molar-refractivity contribution in [3.63, 3.8) is 0 Å². The Hall–Kier alpha value is -0.0800. The Balaban J connectivity index is 2.14. The lowest BCUT2D eigenvalue weighted by Gasteiger charge is -2.19. The molecule has 0 amide bonds. The van der Waals surface area contributed by atoms with Crippen LogP contribution in [0.1, 0.15) is 26.2 Å². The van der Waals surface area contributed by atoms with Gasteiger partial charge in [0.25, 0.3) is 0 Å². The molecule has 0 aromatic carbocycles. The van der Waals surface area contributed by atoms with Crippen molar-refractivity contribution < 1.29 is 0 Å². The molecule has 2 N–H and O–H groups in total. The van der Waals surface area contributed by atoms with Gasteiger partial charge >= 0.3 is 0 Å². The Labute approximate surface area is 63.4 Å². The molecule has 0 aromatic heterocycles. The monoisotopic (exact) mass is 142 g/mol. The Morgan fingerprint density at radius 1 is 1.60 bits per heavy atom. The van der Waals surface area contributed by atoms with Gasteiger partial charge in [-0.05, 0) is 45.8 Å². The van der Waals surface area contributed by atoms with E-state index >= 15 is 0 Å². The molecular formula is C8H18N2. The van der Waals surface area contributed by atoms with E-state index in [1.54, 1.807) is 0 Å². The van der Waals surface area contributed by atoms with Gasteiger partial charge in [-0.2, -0.15) is 0 Å². The number of hydrogen-bond acceptors (Lipinski definition) is 2. The summed E-state index contributed by atoms with van der Waals surface area (Å²) < 4.78 is 0. The van der Waals surface area contributed by atoms with Gasteiger partial charge in [0.1, 0.15) is 0 Å². The van der Waals surface area contributed by atoms with Crippen LogP contribution >= 0.6 is 0 Å². The van der Waals surface area contributed by atoms with E-state index in [-0.39, 0.29) is 0 Å². The van der Waals surface area contributed by atoms with E-state index in [2.05, 4.69) is 11.8 Å². The van der Waals surface area contributed by atoms with Crippen molar-refractivity contribution in [2.45, 2.75) is 32.2 Å². The van der Waals surface area contributed by atoms with Crippen LogP contribution in [0.15, 0.2) is 0 Å². The molecule has 1 heterocycles. The Bertz CT molecular complexity index is 93.3. The summed E-state index contributed by atoms with van der Waals surface area (Å²) in [4.78, 5) is 2.53. The topological polar surface area (TPSA) is 29.3 Å². The van der Waals surface area contributed by atoms with E-state index in [4.69, 9.17) is 5.73 Å². The summed E-state index contributed by atoms with van der Waals surface area (Å²) in [5, 5.41) is 0. The maximum absolute atomic E-state index is 5.43. The molecule has 10 heavy (non-hydrogen) atoms. The number of hydrogen-bond donors (Lipinski definition) is 1. The van der Waals surface area contributed by atoms with Gasteiger partial charge in [0, 0.05) is 6.04 Å². The van der Waals surface area contributed by atoms with E-state index in [9.17, 15) is 0 Å². The van der Waals surface area contributed by atoms with Crippen LogP contribution in [0.3, 0.4) is 0 Å². The van der Waals surface area contributed by atoms with Crippen LogP contribution < -0.4 is 5.73 Å². The molecule has 0 aromatic rings. The molecule has 2 nitrogen and oxygen atoms in total. The number of nitrogens with zero attached hydrogens (tertiary/aromatic N) is 1. The van der Waals surface area contributed by atoms with Crippen LogP contribution in [0.5, 0.6) is 0 Å². The second-order valence-corrected chi connectivity index (χ2v) is 3.17. The molecule has 2 heteroatoms.